The van der Waals surface area contributed by atoms with E-state index in [-0.39, 0.29) is 5.75 Å². The van der Waals surface area contributed by atoms with E-state index >= 15 is 0 Å². The fraction of sp³-hybridized carbons (Fsp3) is 0.250. The number of aryl methyl sites for hydroxylation is 1. The molecule has 1 atom stereocenters. The zero-order valence-electron chi connectivity index (χ0n) is 9.60. The van der Waals surface area contributed by atoms with Crippen LogP contribution in [0.4, 0.5) is 4.39 Å². The molecule has 0 aliphatic heterocycles. The molecule has 0 aliphatic rings. The zero-order chi connectivity index (χ0) is 12.8. The molecule has 0 saturated carbocycles. The van der Waals surface area contributed by atoms with Gasteiger partial charge in [-0.25, -0.2) is 9.18 Å². The lowest BCUT2D eigenvalue weighted by Gasteiger charge is -2.01. The molecule has 0 spiro atoms. The van der Waals surface area contributed by atoms with Crippen molar-refractivity contribution >= 4 is 16.8 Å². The lowest BCUT2D eigenvalue weighted by Crippen LogP contribution is -2.02. The molecular formula is C12H13FO3S. The van der Waals surface area contributed by atoms with Gasteiger partial charge in [-0.15, -0.1) is 0 Å². The van der Waals surface area contributed by atoms with Gasteiger partial charge in [0.05, 0.1) is 29.7 Å². The van der Waals surface area contributed by atoms with Crippen LogP contribution in [0.5, 0.6) is 0 Å². The smallest absolute Gasteiger partial charge is 0.333 e. The Balaban J connectivity index is 2.69. The van der Waals surface area contributed by atoms with Gasteiger partial charge in [0.2, 0.25) is 0 Å². The first-order valence-corrected chi connectivity index (χ1v) is 6.24. The Bertz CT molecular complexity index is 451. The van der Waals surface area contributed by atoms with Crippen LogP contribution in [-0.2, 0) is 20.3 Å². The molecule has 0 aromatic heterocycles. The third kappa shape index (κ3) is 4.48. The Morgan fingerprint density at radius 1 is 1.41 bits per heavy atom. The van der Waals surface area contributed by atoms with E-state index in [4.69, 9.17) is 0 Å². The van der Waals surface area contributed by atoms with Gasteiger partial charge in [0.1, 0.15) is 5.83 Å². The van der Waals surface area contributed by atoms with Gasteiger partial charge in [0, 0.05) is 4.90 Å². The van der Waals surface area contributed by atoms with Crippen molar-refractivity contribution in [3.63, 3.8) is 0 Å². The van der Waals surface area contributed by atoms with Crippen LogP contribution in [0.1, 0.15) is 5.56 Å². The van der Waals surface area contributed by atoms with Gasteiger partial charge in [0.25, 0.3) is 0 Å². The summed E-state index contributed by atoms with van der Waals surface area (Å²) < 4.78 is 29.2. The Hall–Kier alpha value is -1.49. The molecule has 0 bridgehead atoms. The quantitative estimate of drug-likeness (QED) is 0.612. The van der Waals surface area contributed by atoms with Crippen LogP contribution in [-0.4, -0.2) is 23.0 Å². The first-order chi connectivity index (χ1) is 8.02. The number of carbonyl (C=O) groups is 1. The van der Waals surface area contributed by atoms with Crippen molar-refractivity contribution in [2.24, 2.45) is 0 Å². The second-order valence-corrected chi connectivity index (χ2v) is 4.87. The Morgan fingerprint density at radius 3 is 2.53 bits per heavy atom. The minimum Gasteiger partial charge on any atom is -0.466 e. The largest absolute Gasteiger partial charge is 0.466 e. The highest BCUT2D eigenvalue weighted by atomic mass is 32.2. The normalized spacial score (nSPS) is 13.2. The van der Waals surface area contributed by atoms with E-state index in [1.165, 1.54) is 0 Å². The molecular weight excluding hydrogens is 243 g/mol. The van der Waals surface area contributed by atoms with Crippen molar-refractivity contribution in [3.8, 4) is 0 Å². The summed E-state index contributed by atoms with van der Waals surface area (Å²) in [6.07, 6.45) is 0.700. The lowest BCUT2D eigenvalue weighted by atomic mass is 10.2. The summed E-state index contributed by atoms with van der Waals surface area (Å²) in [5.41, 5.74) is 1.04. The number of rotatable bonds is 4. The highest BCUT2D eigenvalue weighted by molar-refractivity contribution is 7.85. The van der Waals surface area contributed by atoms with Crippen molar-refractivity contribution in [2.75, 3.05) is 12.9 Å². The van der Waals surface area contributed by atoms with Crippen molar-refractivity contribution in [2.45, 2.75) is 11.8 Å². The maximum absolute atomic E-state index is 13.2. The standard InChI is InChI=1S/C12H13FO3S/c1-9-3-5-11(6-4-9)17(15)8-10(13)7-12(14)16-2/h3-7H,8H2,1-2H3/b10-7+. The van der Waals surface area contributed by atoms with Crippen molar-refractivity contribution in [3.05, 3.63) is 41.7 Å². The number of methoxy groups -OCH3 is 1. The number of hydrogen-bond donors (Lipinski definition) is 0. The van der Waals surface area contributed by atoms with Crippen LogP contribution in [0, 0.1) is 6.92 Å². The summed E-state index contributed by atoms with van der Waals surface area (Å²) in [5, 5.41) is 0. The third-order valence-electron chi connectivity index (χ3n) is 2.03. The zero-order valence-corrected chi connectivity index (χ0v) is 10.4. The van der Waals surface area contributed by atoms with E-state index in [2.05, 4.69) is 4.74 Å². The molecule has 1 rings (SSSR count). The summed E-state index contributed by atoms with van der Waals surface area (Å²) >= 11 is 0. The van der Waals surface area contributed by atoms with Gasteiger partial charge < -0.3 is 4.74 Å². The summed E-state index contributed by atoms with van der Waals surface area (Å²) in [6.45, 7) is 1.91. The molecule has 0 aliphatic carbocycles. The molecule has 5 heteroatoms. The third-order valence-corrected chi connectivity index (χ3v) is 3.36. The molecule has 0 N–H and O–H groups in total. The van der Waals surface area contributed by atoms with Crippen LogP contribution in [0.2, 0.25) is 0 Å². The minimum absolute atomic E-state index is 0.321. The van der Waals surface area contributed by atoms with E-state index < -0.39 is 22.6 Å². The fourth-order valence-corrected chi connectivity index (χ4v) is 2.07. The molecule has 0 fully saturated rings. The number of benzene rings is 1. The van der Waals surface area contributed by atoms with Gasteiger partial charge in [0.15, 0.2) is 0 Å². The highest BCUT2D eigenvalue weighted by Crippen LogP contribution is 2.11. The first kappa shape index (κ1) is 13.6. The van der Waals surface area contributed by atoms with Gasteiger partial charge in [-0.3, -0.25) is 4.21 Å². The molecule has 1 aromatic rings. The Morgan fingerprint density at radius 2 is 2.00 bits per heavy atom. The summed E-state index contributed by atoms with van der Waals surface area (Å²) in [4.78, 5) is 11.3. The van der Waals surface area contributed by atoms with Gasteiger partial charge in [-0.1, -0.05) is 17.7 Å². The van der Waals surface area contributed by atoms with Gasteiger partial charge in [-0.2, -0.15) is 0 Å². The van der Waals surface area contributed by atoms with E-state index in [1.54, 1.807) is 24.3 Å². The maximum Gasteiger partial charge on any atom is 0.333 e. The van der Waals surface area contributed by atoms with Crippen LogP contribution >= 0.6 is 0 Å². The van der Waals surface area contributed by atoms with E-state index in [0.717, 1.165) is 12.7 Å². The predicted octanol–water partition coefficient (Wildman–Crippen LogP) is 2.13. The molecule has 0 radical (unpaired) electrons. The van der Waals surface area contributed by atoms with Crippen molar-refractivity contribution in [1.82, 2.24) is 0 Å². The summed E-state index contributed by atoms with van der Waals surface area (Å²) in [6, 6.07) is 6.96. The number of hydrogen-bond acceptors (Lipinski definition) is 3. The van der Waals surface area contributed by atoms with Crippen molar-refractivity contribution < 1.29 is 18.1 Å². The lowest BCUT2D eigenvalue weighted by molar-refractivity contribution is -0.134. The van der Waals surface area contributed by atoms with Crippen LogP contribution < -0.4 is 0 Å². The topological polar surface area (TPSA) is 43.4 Å². The fourth-order valence-electron chi connectivity index (χ4n) is 1.13. The monoisotopic (exact) mass is 256 g/mol. The molecule has 0 saturated heterocycles. The van der Waals surface area contributed by atoms with Gasteiger partial charge >= 0.3 is 5.97 Å². The SMILES string of the molecule is COC(=O)/C=C(/F)CS(=O)c1ccc(C)cc1. The molecule has 0 amide bonds. The molecule has 0 heterocycles. The number of halogens is 1. The second-order valence-electron chi connectivity index (χ2n) is 3.42. The average molecular weight is 256 g/mol. The van der Waals surface area contributed by atoms with Crippen molar-refractivity contribution in [1.29, 1.82) is 0 Å². The van der Waals surface area contributed by atoms with Crippen LogP contribution in [0.3, 0.4) is 0 Å². The first-order valence-electron chi connectivity index (χ1n) is 4.92. The molecule has 1 unspecified atom stereocenters. The molecule has 17 heavy (non-hydrogen) atoms. The van der Waals surface area contributed by atoms with Crippen LogP contribution in [0.25, 0.3) is 0 Å². The number of ether oxygens (including phenoxy) is 1. The highest BCUT2D eigenvalue weighted by Gasteiger charge is 2.08. The van der Waals surface area contributed by atoms with Crippen LogP contribution in [0.15, 0.2) is 41.1 Å². The second kappa shape index (κ2) is 6.30. The summed E-state index contributed by atoms with van der Waals surface area (Å²) in [7, 11) is -0.335. The number of carbonyl (C=O) groups excluding carboxylic acids is 1. The Labute approximate surface area is 102 Å². The van der Waals surface area contributed by atoms with E-state index in [1.807, 2.05) is 6.92 Å². The minimum atomic E-state index is -1.49. The molecule has 1 aromatic carbocycles. The van der Waals surface area contributed by atoms with E-state index in [9.17, 15) is 13.4 Å². The summed E-state index contributed by atoms with van der Waals surface area (Å²) in [5.74, 6) is -1.86. The maximum atomic E-state index is 13.2. The number of esters is 1. The predicted molar refractivity (Wildman–Crippen MR) is 63.7 cm³/mol. The van der Waals surface area contributed by atoms with E-state index in [0.29, 0.717) is 11.0 Å². The Kier molecular flexibility index (Phi) is 5.03. The average Bonchev–Trinajstić information content (AvgIpc) is 2.29. The van der Waals surface area contributed by atoms with Gasteiger partial charge in [-0.05, 0) is 19.1 Å². The molecule has 92 valence electrons. The molecule has 3 nitrogen and oxygen atoms in total.